The first-order valence-electron chi connectivity index (χ1n) is 4.51. The molecule has 0 unspecified atom stereocenters. The molecule has 1 N–H and O–H groups in total. The zero-order valence-electron chi connectivity index (χ0n) is 9.02. The number of hydrogen-bond donors (Lipinski definition) is 1. The molecule has 0 spiro atoms. The van der Waals surface area contributed by atoms with E-state index in [0.29, 0.717) is 16.9 Å². The predicted octanol–water partition coefficient (Wildman–Crippen LogP) is 1.56. The molecule has 0 aliphatic heterocycles. The maximum atomic E-state index is 11.1. The van der Waals surface area contributed by atoms with Gasteiger partial charge < -0.3 is 4.74 Å². The van der Waals surface area contributed by atoms with E-state index in [1.54, 1.807) is 13.8 Å². The summed E-state index contributed by atoms with van der Waals surface area (Å²) >= 11 is 0. The Kier molecular flexibility index (Phi) is 3.58. The highest BCUT2D eigenvalue weighted by Gasteiger charge is 2.17. The standard InChI is InChI=1S/C11H12O4S/c1-4-5-15-10-6-8(2)11(9(3)7-10)16(12,13)14/h1,6-7H,5H2,2-3H3,(H,12,13,14). The van der Waals surface area contributed by atoms with Gasteiger partial charge in [-0.25, -0.2) is 0 Å². The average Bonchev–Trinajstić information content (AvgIpc) is 2.11. The van der Waals surface area contributed by atoms with Gasteiger partial charge in [0.15, 0.2) is 0 Å². The van der Waals surface area contributed by atoms with Gasteiger partial charge in [0.2, 0.25) is 0 Å². The van der Waals surface area contributed by atoms with Gasteiger partial charge in [0, 0.05) is 0 Å². The number of hydrogen-bond acceptors (Lipinski definition) is 3. The summed E-state index contributed by atoms with van der Waals surface area (Å²) in [6.07, 6.45) is 5.04. The largest absolute Gasteiger partial charge is 0.481 e. The fraction of sp³-hybridized carbons (Fsp3) is 0.273. The molecule has 0 fully saturated rings. The van der Waals surface area contributed by atoms with Crippen LogP contribution in [0.3, 0.4) is 0 Å². The predicted molar refractivity (Wildman–Crippen MR) is 60.1 cm³/mol. The molecule has 0 aliphatic rings. The molecule has 0 amide bonds. The normalized spacial score (nSPS) is 10.9. The van der Waals surface area contributed by atoms with Crippen LogP contribution in [0.2, 0.25) is 0 Å². The molecule has 1 aromatic rings. The molecule has 0 saturated carbocycles. The summed E-state index contributed by atoms with van der Waals surface area (Å²) in [6, 6.07) is 3.04. The molecular weight excluding hydrogens is 228 g/mol. The van der Waals surface area contributed by atoms with Crippen molar-refractivity contribution < 1.29 is 17.7 Å². The Hall–Kier alpha value is -1.51. The first-order valence-corrected chi connectivity index (χ1v) is 5.95. The van der Waals surface area contributed by atoms with E-state index in [0.717, 1.165) is 0 Å². The molecule has 0 aromatic heterocycles. The molecule has 0 aliphatic carbocycles. The monoisotopic (exact) mass is 240 g/mol. The summed E-state index contributed by atoms with van der Waals surface area (Å²) in [5.74, 6) is 2.80. The summed E-state index contributed by atoms with van der Waals surface area (Å²) in [5, 5.41) is 0. The highest BCUT2D eigenvalue weighted by atomic mass is 32.2. The van der Waals surface area contributed by atoms with E-state index in [2.05, 4.69) is 5.92 Å². The molecular formula is C11H12O4S. The second-order valence-electron chi connectivity index (χ2n) is 3.35. The van der Waals surface area contributed by atoms with Crippen molar-refractivity contribution in [3.8, 4) is 18.1 Å². The van der Waals surface area contributed by atoms with Gasteiger partial charge in [-0.3, -0.25) is 4.55 Å². The average molecular weight is 240 g/mol. The van der Waals surface area contributed by atoms with Crippen LogP contribution < -0.4 is 4.74 Å². The molecule has 0 bridgehead atoms. The first-order chi connectivity index (χ1) is 7.36. The minimum Gasteiger partial charge on any atom is -0.481 e. The molecule has 0 radical (unpaired) electrons. The van der Waals surface area contributed by atoms with Gasteiger partial charge in [0.25, 0.3) is 10.1 Å². The molecule has 1 aromatic carbocycles. The van der Waals surface area contributed by atoms with E-state index in [-0.39, 0.29) is 11.5 Å². The van der Waals surface area contributed by atoms with Crippen molar-refractivity contribution in [2.24, 2.45) is 0 Å². The Bertz CT molecular complexity index is 515. The third-order valence-electron chi connectivity index (χ3n) is 2.01. The number of rotatable bonds is 3. The van der Waals surface area contributed by atoms with Crippen LogP contribution in [0.1, 0.15) is 11.1 Å². The van der Waals surface area contributed by atoms with Crippen molar-refractivity contribution in [3.05, 3.63) is 23.3 Å². The molecule has 4 nitrogen and oxygen atoms in total. The zero-order valence-corrected chi connectivity index (χ0v) is 9.84. The van der Waals surface area contributed by atoms with Crippen LogP contribution in [0.25, 0.3) is 0 Å². The van der Waals surface area contributed by atoms with Gasteiger partial charge in [-0.15, -0.1) is 6.42 Å². The van der Waals surface area contributed by atoms with Crippen LogP contribution in [0.15, 0.2) is 17.0 Å². The lowest BCUT2D eigenvalue weighted by Crippen LogP contribution is -2.05. The van der Waals surface area contributed by atoms with Crippen LogP contribution in [-0.4, -0.2) is 19.6 Å². The van der Waals surface area contributed by atoms with E-state index in [1.807, 2.05) is 0 Å². The van der Waals surface area contributed by atoms with E-state index in [9.17, 15) is 8.42 Å². The van der Waals surface area contributed by atoms with Crippen LogP contribution in [0.4, 0.5) is 0 Å². The lowest BCUT2D eigenvalue weighted by Gasteiger charge is -2.10. The van der Waals surface area contributed by atoms with Crippen molar-refractivity contribution in [3.63, 3.8) is 0 Å². The summed E-state index contributed by atoms with van der Waals surface area (Å²) < 4.78 is 36.4. The summed E-state index contributed by atoms with van der Waals surface area (Å²) in [4.78, 5) is -0.0828. The van der Waals surface area contributed by atoms with Crippen LogP contribution in [-0.2, 0) is 10.1 Å². The van der Waals surface area contributed by atoms with Crippen LogP contribution in [0, 0.1) is 26.2 Å². The number of benzene rings is 1. The van der Waals surface area contributed by atoms with Gasteiger partial charge in [-0.05, 0) is 37.1 Å². The summed E-state index contributed by atoms with van der Waals surface area (Å²) in [5.41, 5.74) is 0.851. The highest BCUT2D eigenvalue weighted by Crippen LogP contribution is 2.25. The topological polar surface area (TPSA) is 63.6 Å². The van der Waals surface area contributed by atoms with Crippen molar-refractivity contribution in [1.82, 2.24) is 0 Å². The summed E-state index contributed by atoms with van der Waals surface area (Å²) in [7, 11) is -4.20. The zero-order chi connectivity index (χ0) is 12.3. The Balaban J connectivity index is 3.25. The molecule has 86 valence electrons. The molecule has 0 saturated heterocycles. The second kappa shape index (κ2) is 4.56. The van der Waals surface area contributed by atoms with Crippen molar-refractivity contribution in [2.45, 2.75) is 18.7 Å². The minimum absolute atomic E-state index is 0.0828. The number of aryl methyl sites for hydroxylation is 2. The second-order valence-corrected chi connectivity index (χ2v) is 4.71. The van der Waals surface area contributed by atoms with Gasteiger partial charge in [-0.1, -0.05) is 5.92 Å². The van der Waals surface area contributed by atoms with Crippen molar-refractivity contribution >= 4 is 10.1 Å². The van der Waals surface area contributed by atoms with Crippen molar-refractivity contribution in [2.75, 3.05) is 6.61 Å². The lowest BCUT2D eigenvalue weighted by molar-refractivity contribution is 0.369. The number of ether oxygens (including phenoxy) is 1. The Morgan fingerprint density at radius 3 is 2.25 bits per heavy atom. The Labute approximate surface area is 95.0 Å². The van der Waals surface area contributed by atoms with Crippen LogP contribution >= 0.6 is 0 Å². The quantitative estimate of drug-likeness (QED) is 0.643. The Morgan fingerprint density at radius 1 is 1.38 bits per heavy atom. The minimum atomic E-state index is -4.20. The third kappa shape index (κ3) is 2.75. The van der Waals surface area contributed by atoms with Gasteiger partial charge in [0.1, 0.15) is 12.4 Å². The number of terminal acetylenes is 1. The molecule has 0 atom stereocenters. The summed E-state index contributed by atoms with van der Waals surface area (Å²) in [6.45, 7) is 3.28. The maximum Gasteiger partial charge on any atom is 0.295 e. The van der Waals surface area contributed by atoms with E-state index in [1.165, 1.54) is 12.1 Å². The SMILES string of the molecule is C#CCOc1cc(C)c(S(=O)(=O)O)c(C)c1. The molecule has 5 heteroatoms. The Morgan fingerprint density at radius 2 is 1.88 bits per heavy atom. The van der Waals surface area contributed by atoms with Gasteiger partial charge >= 0.3 is 0 Å². The fourth-order valence-electron chi connectivity index (χ4n) is 1.53. The maximum absolute atomic E-state index is 11.1. The molecule has 16 heavy (non-hydrogen) atoms. The van der Waals surface area contributed by atoms with Crippen molar-refractivity contribution in [1.29, 1.82) is 0 Å². The van der Waals surface area contributed by atoms with E-state index in [4.69, 9.17) is 15.7 Å². The lowest BCUT2D eigenvalue weighted by atomic mass is 10.1. The van der Waals surface area contributed by atoms with E-state index >= 15 is 0 Å². The molecule has 0 heterocycles. The molecule has 1 rings (SSSR count). The van der Waals surface area contributed by atoms with Crippen LogP contribution in [0.5, 0.6) is 5.75 Å². The van der Waals surface area contributed by atoms with E-state index < -0.39 is 10.1 Å². The van der Waals surface area contributed by atoms with Gasteiger partial charge in [0.05, 0.1) is 4.90 Å². The highest BCUT2D eigenvalue weighted by molar-refractivity contribution is 7.86. The third-order valence-corrected chi connectivity index (χ3v) is 3.17. The fourth-order valence-corrected chi connectivity index (χ4v) is 2.46. The smallest absolute Gasteiger partial charge is 0.295 e. The first kappa shape index (κ1) is 12.6. The van der Waals surface area contributed by atoms with Gasteiger partial charge in [-0.2, -0.15) is 8.42 Å².